The fourth-order valence-electron chi connectivity index (χ4n) is 1.57. The molecule has 110 valence electrons. The summed E-state index contributed by atoms with van der Waals surface area (Å²) >= 11 is 10.8. The Morgan fingerprint density at radius 3 is 2.38 bits per heavy atom. The number of rotatable bonds is 4. The Morgan fingerprint density at radius 1 is 1.19 bits per heavy atom. The maximum atomic E-state index is 12.8. The zero-order valence-corrected chi connectivity index (χ0v) is 12.9. The highest BCUT2D eigenvalue weighted by Gasteiger charge is 2.16. The number of nitrogens with one attached hydrogen (secondary N) is 1. The van der Waals surface area contributed by atoms with Gasteiger partial charge in [0, 0.05) is 5.56 Å². The Balaban J connectivity index is 2.38. The summed E-state index contributed by atoms with van der Waals surface area (Å²) in [6.07, 6.45) is 0. The van der Waals surface area contributed by atoms with Crippen LogP contribution in [0.4, 0.5) is 10.1 Å². The van der Waals surface area contributed by atoms with Gasteiger partial charge in [0.2, 0.25) is 0 Å². The first-order valence-corrected chi connectivity index (χ1v) is 7.94. The van der Waals surface area contributed by atoms with E-state index in [1.54, 1.807) is 6.07 Å². The third-order valence-corrected chi connectivity index (χ3v) is 4.57. The van der Waals surface area contributed by atoms with Crippen LogP contribution < -0.4 is 10.5 Å². The summed E-state index contributed by atoms with van der Waals surface area (Å²) in [5, 5.41) is 0.195. The van der Waals surface area contributed by atoms with Crippen molar-refractivity contribution in [3.63, 3.8) is 0 Å². The van der Waals surface area contributed by atoms with Crippen LogP contribution in [0.2, 0.25) is 5.02 Å². The van der Waals surface area contributed by atoms with E-state index in [-0.39, 0.29) is 20.6 Å². The van der Waals surface area contributed by atoms with Gasteiger partial charge in [0.25, 0.3) is 10.0 Å². The minimum atomic E-state index is -3.88. The molecule has 0 aliphatic carbocycles. The van der Waals surface area contributed by atoms with Crippen molar-refractivity contribution in [2.45, 2.75) is 4.90 Å². The van der Waals surface area contributed by atoms with Gasteiger partial charge in [0.15, 0.2) is 0 Å². The van der Waals surface area contributed by atoms with E-state index in [4.69, 9.17) is 29.6 Å². The van der Waals surface area contributed by atoms with Crippen LogP contribution in [0.15, 0.2) is 47.4 Å². The van der Waals surface area contributed by atoms with Crippen LogP contribution in [0.3, 0.4) is 0 Å². The van der Waals surface area contributed by atoms with E-state index in [1.807, 2.05) is 0 Å². The maximum Gasteiger partial charge on any atom is 0.261 e. The fraction of sp³-hybridized carbons (Fsp3) is 0. The predicted octanol–water partition coefficient (Wildman–Crippen LogP) is 2.91. The van der Waals surface area contributed by atoms with Gasteiger partial charge in [-0.3, -0.25) is 4.72 Å². The van der Waals surface area contributed by atoms with Gasteiger partial charge >= 0.3 is 0 Å². The van der Waals surface area contributed by atoms with Crippen molar-refractivity contribution in [3.05, 3.63) is 58.9 Å². The first kappa shape index (κ1) is 15.7. The van der Waals surface area contributed by atoms with Crippen molar-refractivity contribution in [1.82, 2.24) is 0 Å². The van der Waals surface area contributed by atoms with Crippen molar-refractivity contribution in [3.8, 4) is 0 Å². The normalized spacial score (nSPS) is 11.1. The van der Waals surface area contributed by atoms with Crippen molar-refractivity contribution in [2.24, 2.45) is 5.73 Å². The summed E-state index contributed by atoms with van der Waals surface area (Å²) in [4.78, 5) is 0.0367. The zero-order valence-electron chi connectivity index (χ0n) is 10.5. The molecule has 0 aliphatic rings. The molecular formula is C13H10ClFN2O2S2. The molecule has 2 aromatic rings. The molecule has 0 spiro atoms. The Hall–Kier alpha value is -1.70. The van der Waals surface area contributed by atoms with E-state index < -0.39 is 15.8 Å². The molecule has 2 rings (SSSR count). The largest absolute Gasteiger partial charge is 0.389 e. The predicted molar refractivity (Wildman–Crippen MR) is 84.5 cm³/mol. The van der Waals surface area contributed by atoms with Gasteiger partial charge in [-0.2, -0.15) is 0 Å². The highest BCUT2D eigenvalue weighted by Crippen LogP contribution is 2.26. The average molecular weight is 345 g/mol. The summed E-state index contributed by atoms with van der Waals surface area (Å²) in [7, 11) is -3.88. The van der Waals surface area contributed by atoms with Gasteiger partial charge in [-0.05, 0) is 36.4 Å². The van der Waals surface area contributed by atoms with E-state index >= 15 is 0 Å². The summed E-state index contributed by atoms with van der Waals surface area (Å²) in [5.41, 5.74) is 6.12. The number of nitrogens with two attached hydrogens (primary N) is 1. The van der Waals surface area contributed by atoms with Crippen LogP contribution in [0.1, 0.15) is 5.56 Å². The molecule has 0 saturated carbocycles. The Labute approximate surface area is 131 Å². The molecule has 0 bridgehead atoms. The van der Waals surface area contributed by atoms with Crippen LogP contribution in [-0.2, 0) is 10.0 Å². The maximum absolute atomic E-state index is 12.8. The lowest BCUT2D eigenvalue weighted by molar-refractivity contribution is 0.599. The van der Waals surface area contributed by atoms with Crippen molar-refractivity contribution in [2.75, 3.05) is 4.72 Å². The van der Waals surface area contributed by atoms with E-state index in [2.05, 4.69) is 4.72 Å². The minimum Gasteiger partial charge on any atom is -0.389 e. The highest BCUT2D eigenvalue weighted by molar-refractivity contribution is 7.92. The second kappa shape index (κ2) is 5.97. The lowest BCUT2D eigenvalue weighted by Gasteiger charge is -2.11. The first-order valence-electron chi connectivity index (χ1n) is 5.67. The molecule has 8 heteroatoms. The van der Waals surface area contributed by atoms with Gasteiger partial charge in [-0.15, -0.1) is 0 Å². The average Bonchev–Trinajstić information content (AvgIpc) is 2.41. The van der Waals surface area contributed by atoms with Gasteiger partial charge in [0.1, 0.15) is 10.8 Å². The molecule has 0 atom stereocenters. The third kappa shape index (κ3) is 3.69. The first-order chi connectivity index (χ1) is 9.79. The molecule has 2 aromatic carbocycles. The van der Waals surface area contributed by atoms with Gasteiger partial charge < -0.3 is 5.73 Å². The van der Waals surface area contributed by atoms with Crippen molar-refractivity contribution in [1.29, 1.82) is 0 Å². The second-order valence-corrected chi connectivity index (χ2v) is 6.65. The van der Waals surface area contributed by atoms with Crippen LogP contribution in [0.5, 0.6) is 0 Å². The monoisotopic (exact) mass is 344 g/mol. The van der Waals surface area contributed by atoms with E-state index in [9.17, 15) is 12.8 Å². The molecular weight excluding hydrogens is 335 g/mol. The summed E-state index contributed by atoms with van der Waals surface area (Å²) in [6, 6.07) is 8.93. The summed E-state index contributed by atoms with van der Waals surface area (Å²) in [5.74, 6) is -0.525. The molecule has 0 aromatic heterocycles. The minimum absolute atomic E-state index is 0.0827. The molecule has 0 heterocycles. The summed E-state index contributed by atoms with van der Waals surface area (Å²) < 4.78 is 39.5. The number of benzene rings is 2. The standard InChI is InChI=1S/C13H10ClFN2O2S2/c14-11-6-1-8(13(16)20)7-12(11)17-21(18,19)10-4-2-9(15)3-5-10/h1-7,17H,(H2,16,20). The SMILES string of the molecule is NC(=S)c1ccc(Cl)c(NS(=O)(=O)c2ccc(F)cc2)c1. The van der Waals surface area contributed by atoms with Crippen LogP contribution in [-0.4, -0.2) is 13.4 Å². The second-order valence-electron chi connectivity index (χ2n) is 4.12. The smallest absolute Gasteiger partial charge is 0.261 e. The van der Waals surface area contributed by atoms with E-state index in [1.165, 1.54) is 12.1 Å². The van der Waals surface area contributed by atoms with Crippen LogP contribution in [0, 0.1) is 5.82 Å². The van der Waals surface area contributed by atoms with Crippen molar-refractivity contribution >= 4 is 44.5 Å². The Morgan fingerprint density at radius 2 is 1.81 bits per heavy atom. The fourth-order valence-corrected chi connectivity index (χ4v) is 2.99. The number of halogens is 2. The van der Waals surface area contributed by atoms with Gasteiger partial charge in [0.05, 0.1) is 15.6 Å². The van der Waals surface area contributed by atoms with Crippen LogP contribution in [0.25, 0.3) is 0 Å². The molecule has 0 aliphatic heterocycles. The van der Waals surface area contributed by atoms with Gasteiger partial charge in [-0.25, -0.2) is 12.8 Å². The molecule has 0 saturated heterocycles. The van der Waals surface area contributed by atoms with E-state index in [0.717, 1.165) is 24.3 Å². The number of hydrogen-bond donors (Lipinski definition) is 2. The molecule has 3 N–H and O–H groups in total. The molecule has 4 nitrogen and oxygen atoms in total. The van der Waals surface area contributed by atoms with Crippen molar-refractivity contribution < 1.29 is 12.8 Å². The highest BCUT2D eigenvalue weighted by atomic mass is 35.5. The van der Waals surface area contributed by atoms with Gasteiger partial charge in [-0.1, -0.05) is 29.9 Å². The Bertz CT molecular complexity index is 792. The zero-order chi connectivity index (χ0) is 15.6. The molecule has 0 amide bonds. The number of sulfonamides is 1. The lowest BCUT2D eigenvalue weighted by Crippen LogP contribution is -2.15. The number of thiocarbonyl (C=S) groups is 1. The summed E-state index contributed by atoms with van der Waals surface area (Å²) in [6.45, 7) is 0. The van der Waals surface area contributed by atoms with E-state index in [0.29, 0.717) is 5.56 Å². The van der Waals surface area contributed by atoms with Crippen LogP contribution >= 0.6 is 23.8 Å². The number of hydrogen-bond acceptors (Lipinski definition) is 3. The molecule has 0 fully saturated rings. The third-order valence-electron chi connectivity index (χ3n) is 2.62. The quantitative estimate of drug-likeness (QED) is 0.836. The molecule has 21 heavy (non-hydrogen) atoms. The lowest BCUT2D eigenvalue weighted by atomic mass is 10.2. The molecule has 0 radical (unpaired) electrons. The topological polar surface area (TPSA) is 72.2 Å². The Kier molecular flexibility index (Phi) is 4.46. The molecule has 0 unspecified atom stereocenters. The number of anilines is 1.